The van der Waals surface area contributed by atoms with Crippen LogP contribution in [0.15, 0.2) is 45.2 Å². The highest BCUT2D eigenvalue weighted by Crippen LogP contribution is 2.41. The Kier molecular flexibility index (Phi) is 7.80. The quantitative estimate of drug-likeness (QED) is 0.140. The van der Waals surface area contributed by atoms with E-state index in [1.807, 2.05) is 0 Å². The minimum absolute atomic E-state index is 0.0714. The maximum Gasteiger partial charge on any atom is 0.352 e. The zero-order valence-electron chi connectivity index (χ0n) is 18.8. The smallest absolute Gasteiger partial charge is 0.352 e. The molecule has 1 saturated heterocycles. The fourth-order valence-electron chi connectivity index (χ4n) is 3.72. The Morgan fingerprint density at radius 1 is 1.32 bits per heavy atom. The molecule has 6 N–H and O–H groups in total. The van der Waals surface area contributed by atoms with Crippen LogP contribution in [0.4, 0.5) is 5.69 Å². The van der Waals surface area contributed by atoms with Crippen molar-refractivity contribution in [3.05, 3.63) is 47.0 Å². The summed E-state index contributed by atoms with van der Waals surface area (Å²) in [6, 6.07) is 4.30. The van der Waals surface area contributed by atoms with Gasteiger partial charge in [0.1, 0.15) is 29.6 Å². The van der Waals surface area contributed by atoms with E-state index >= 15 is 0 Å². The molecule has 0 bridgehead atoms. The fraction of sp³-hybridized carbons (Fsp3) is 0.286. The van der Waals surface area contributed by atoms with Gasteiger partial charge in [0.15, 0.2) is 0 Å². The molecule has 1 aromatic carbocycles. The number of fused-ring (bicyclic) bond motifs is 1. The minimum atomic E-state index is -1.30. The van der Waals surface area contributed by atoms with Gasteiger partial charge in [-0.3, -0.25) is 24.1 Å². The van der Waals surface area contributed by atoms with Crippen molar-refractivity contribution < 1.29 is 38.6 Å². The lowest BCUT2D eigenvalue weighted by molar-refractivity contribution is -0.150. The number of nitrogens with zero attached hydrogens (tertiary/aromatic N) is 3. The molecule has 37 heavy (non-hydrogen) atoms. The van der Waals surface area contributed by atoms with Crippen LogP contribution in [0.3, 0.4) is 0 Å². The van der Waals surface area contributed by atoms with Crippen molar-refractivity contribution in [2.24, 2.45) is 5.73 Å². The lowest BCUT2D eigenvalue weighted by atomic mass is 10.0. The van der Waals surface area contributed by atoms with Crippen LogP contribution in [0, 0.1) is 0 Å². The van der Waals surface area contributed by atoms with Gasteiger partial charge in [-0.15, -0.1) is 22.0 Å². The first-order valence-corrected chi connectivity index (χ1v) is 12.7. The highest BCUT2D eigenvalue weighted by Gasteiger charge is 2.54. The van der Waals surface area contributed by atoms with Crippen molar-refractivity contribution in [3.63, 3.8) is 0 Å². The van der Waals surface area contributed by atoms with Crippen molar-refractivity contribution in [3.8, 4) is 0 Å². The third-order valence-corrected chi connectivity index (χ3v) is 7.67. The van der Waals surface area contributed by atoms with Crippen LogP contribution >= 0.6 is 23.5 Å². The van der Waals surface area contributed by atoms with Gasteiger partial charge in [0, 0.05) is 17.2 Å². The van der Waals surface area contributed by atoms with E-state index in [4.69, 9.17) is 15.3 Å². The van der Waals surface area contributed by atoms with Crippen molar-refractivity contribution >= 4 is 59.4 Å². The topological polar surface area (TPSA) is 218 Å². The van der Waals surface area contributed by atoms with Gasteiger partial charge in [0.2, 0.25) is 18.2 Å². The van der Waals surface area contributed by atoms with Gasteiger partial charge < -0.3 is 31.0 Å². The van der Waals surface area contributed by atoms with Gasteiger partial charge in [-0.1, -0.05) is 23.9 Å². The second-order valence-electron chi connectivity index (χ2n) is 7.84. The summed E-state index contributed by atoms with van der Waals surface area (Å²) < 4.78 is 5.23. The first-order valence-electron chi connectivity index (χ1n) is 10.6. The summed E-state index contributed by atoms with van der Waals surface area (Å²) in [5, 5.41) is 30.5. The third kappa shape index (κ3) is 5.60. The Morgan fingerprint density at radius 2 is 2.11 bits per heavy atom. The van der Waals surface area contributed by atoms with Crippen LogP contribution in [-0.4, -0.2) is 78.4 Å². The molecule has 3 heterocycles. The molecule has 3 atom stereocenters. The predicted molar refractivity (Wildman–Crippen MR) is 129 cm³/mol. The number of benzene rings is 1. The number of carboxylic acid groups (broad SMARTS) is 2. The molecule has 0 saturated carbocycles. The number of thioether (sulfide) groups is 2. The number of hydrogen-bond donors (Lipinski definition) is 5. The molecular formula is C21H20N6O8S2. The zero-order chi connectivity index (χ0) is 26.7. The van der Waals surface area contributed by atoms with Crippen LogP contribution < -0.4 is 16.4 Å². The number of nitrogens with one attached hydrogen (secondary N) is 2. The lowest BCUT2D eigenvalue weighted by Gasteiger charge is -2.49. The minimum Gasteiger partial charge on any atom is -0.481 e. The summed E-state index contributed by atoms with van der Waals surface area (Å²) in [5.41, 5.74) is 7.16. The number of aliphatic carboxylic acids is 2. The molecule has 4 rings (SSSR count). The van der Waals surface area contributed by atoms with E-state index in [0.29, 0.717) is 23.2 Å². The van der Waals surface area contributed by atoms with E-state index in [9.17, 15) is 29.1 Å². The standard InChI is InChI=1S/C21H20N6O8S2/c22-14(9-2-1-3-11(4-9)23-8-28)17(31)24-15-18(32)27-16(20(33)34)10(6-36-19(15)27)7-37-21-26-25-12(35-21)5-13(29)30/h1-4,8,14-15,19H,5-7,22H2,(H,23,28)(H,24,31)(H,29,30)(H,33,34)/t14?,15?,19-/m0/s1. The average Bonchev–Trinajstić information content (AvgIpc) is 3.31. The summed E-state index contributed by atoms with van der Waals surface area (Å²) >= 11 is 2.31. The summed E-state index contributed by atoms with van der Waals surface area (Å²) in [5.74, 6) is -3.35. The first-order chi connectivity index (χ1) is 17.7. The predicted octanol–water partition coefficient (Wildman–Crippen LogP) is -0.204. The van der Waals surface area contributed by atoms with Gasteiger partial charge >= 0.3 is 11.9 Å². The normalized spacial score (nSPS) is 19.5. The molecule has 1 fully saturated rings. The highest BCUT2D eigenvalue weighted by molar-refractivity contribution is 8.01. The van der Waals surface area contributed by atoms with Crippen LogP contribution in [0.25, 0.3) is 0 Å². The van der Waals surface area contributed by atoms with Crippen molar-refractivity contribution in [1.82, 2.24) is 20.4 Å². The van der Waals surface area contributed by atoms with Crippen molar-refractivity contribution in [2.75, 3.05) is 16.8 Å². The summed E-state index contributed by atoms with van der Waals surface area (Å²) in [4.78, 5) is 60.2. The molecular weight excluding hydrogens is 528 g/mol. The lowest BCUT2D eigenvalue weighted by Crippen LogP contribution is -2.71. The Hall–Kier alpha value is -3.89. The number of amides is 3. The number of aromatic nitrogens is 2. The van der Waals surface area contributed by atoms with Crippen LogP contribution in [0.1, 0.15) is 17.5 Å². The maximum atomic E-state index is 12.9. The van der Waals surface area contributed by atoms with Crippen LogP contribution in [0.2, 0.25) is 0 Å². The maximum absolute atomic E-state index is 12.9. The molecule has 0 aliphatic carbocycles. The third-order valence-electron chi connectivity index (χ3n) is 5.42. The summed E-state index contributed by atoms with van der Waals surface area (Å²) in [6.07, 6.45) is 0.0555. The SMILES string of the molecule is NC(C(=O)NC1C(=O)N2C(C(=O)O)=C(CSc3nnc(CC(=O)O)o3)CS[C@@H]12)c1cccc(NC=O)c1. The van der Waals surface area contributed by atoms with Gasteiger partial charge in [0.25, 0.3) is 11.1 Å². The Balaban J connectivity index is 1.42. The number of rotatable bonds is 11. The molecule has 2 aliphatic heterocycles. The van der Waals surface area contributed by atoms with Crippen molar-refractivity contribution in [1.29, 1.82) is 0 Å². The first kappa shape index (κ1) is 26.2. The largest absolute Gasteiger partial charge is 0.481 e. The second kappa shape index (κ2) is 11.0. The fourth-order valence-corrected chi connectivity index (χ4v) is 5.99. The number of nitrogens with two attached hydrogens (primary N) is 1. The number of carbonyl (C=O) groups excluding carboxylic acids is 3. The molecule has 3 amide bonds. The summed E-state index contributed by atoms with van der Waals surface area (Å²) in [7, 11) is 0. The molecule has 2 unspecified atom stereocenters. The monoisotopic (exact) mass is 548 g/mol. The van der Waals surface area contributed by atoms with E-state index in [1.165, 1.54) is 17.8 Å². The van der Waals surface area contributed by atoms with E-state index < -0.39 is 47.6 Å². The van der Waals surface area contributed by atoms with Gasteiger partial charge in [-0.2, -0.15) is 0 Å². The van der Waals surface area contributed by atoms with Crippen LogP contribution in [-0.2, 0) is 30.4 Å². The summed E-state index contributed by atoms with van der Waals surface area (Å²) in [6.45, 7) is 0. The Labute approximate surface area is 217 Å². The zero-order valence-corrected chi connectivity index (χ0v) is 20.5. The van der Waals surface area contributed by atoms with E-state index in [2.05, 4.69) is 20.8 Å². The molecule has 1 aromatic heterocycles. The molecule has 194 valence electrons. The molecule has 2 aromatic rings. The number of β-lactam (4-membered cyclic amide) rings is 1. The highest BCUT2D eigenvalue weighted by atomic mass is 32.2. The number of carbonyl (C=O) groups is 5. The Bertz CT molecular complexity index is 1300. The average molecular weight is 549 g/mol. The number of carboxylic acids is 2. The van der Waals surface area contributed by atoms with Gasteiger partial charge in [-0.25, -0.2) is 4.79 Å². The molecule has 14 nitrogen and oxygen atoms in total. The molecule has 0 spiro atoms. The van der Waals surface area contributed by atoms with Crippen molar-refractivity contribution in [2.45, 2.75) is 29.1 Å². The molecule has 0 radical (unpaired) electrons. The van der Waals surface area contributed by atoms with Crippen LogP contribution in [0.5, 0.6) is 0 Å². The number of anilines is 1. The Morgan fingerprint density at radius 3 is 2.81 bits per heavy atom. The van der Waals surface area contributed by atoms with Gasteiger partial charge in [-0.05, 0) is 23.3 Å². The van der Waals surface area contributed by atoms with Gasteiger partial charge in [0.05, 0.1) is 0 Å². The molecule has 2 aliphatic rings. The number of hydrogen-bond acceptors (Lipinski definition) is 11. The van der Waals surface area contributed by atoms with E-state index in [1.54, 1.807) is 18.2 Å². The van der Waals surface area contributed by atoms with E-state index in [-0.39, 0.29) is 28.3 Å². The molecule has 16 heteroatoms. The van der Waals surface area contributed by atoms with E-state index in [0.717, 1.165) is 16.7 Å². The second-order valence-corrected chi connectivity index (χ2v) is 9.87.